The molecule has 0 saturated carbocycles. The molecule has 4 rings (SSSR count). The smallest absolute Gasteiger partial charge is 0.184 e. The fourth-order valence-electron chi connectivity index (χ4n) is 3.38. The molecule has 7 heteroatoms. The number of benzene rings is 2. The highest BCUT2D eigenvalue weighted by molar-refractivity contribution is 7.22. The van der Waals surface area contributed by atoms with Crippen molar-refractivity contribution >= 4 is 26.7 Å². The summed E-state index contributed by atoms with van der Waals surface area (Å²) in [6.45, 7) is 6.24. The number of hydrogen-bond acceptors (Lipinski definition) is 7. The molecule has 2 heterocycles. The normalized spacial score (nSPS) is 20.1. The van der Waals surface area contributed by atoms with Gasteiger partial charge in [-0.2, -0.15) is 5.26 Å². The van der Waals surface area contributed by atoms with E-state index in [0.717, 1.165) is 21.5 Å². The van der Waals surface area contributed by atoms with Gasteiger partial charge in [-0.25, -0.2) is 4.98 Å². The fraction of sp³-hybridized carbons (Fsp3) is 0.333. The maximum atomic E-state index is 10.9. The summed E-state index contributed by atoms with van der Waals surface area (Å²) in [4.78, 5) is 4.66. The maximum Gasteiger partial charge on any atom is 0.184 e. The van der Waals surface area contributed by atoms with Crippen LogP contribution in [0.15, 0.2) is 36.4 Å². The van der Waals surface area contributed by atoms with Gasteiger partial charge in [0.2, 0.25) is 0 Å². The molecule has 2 atom stereocenters. The Labute approximate surface area is 167 Å². The molecule has 2 unspecified atom stereocenters. The van der Waals surface area contributed by atoms with Crippen molar-refractivity contribution in [2.24, 2.45) is 0 Å². The Bertz CT molecular complexity index is 1070. The number of hydrogen-bond donors (Lipinski definition) is 2. The van der Waals surface area contributed by atoms with E-state index >= 15 is 0 Å². The van der Waals surface area contributed by atoms with Crippen LogP contribution in [-0.4, -0.2) is 28.4 Å². The summed E-state index contributed by atoms with van der Waals surface area (Å²) in [5.41, 5.74) is 1.33. The lowest BCUT2D eigenvalue weighted by atomic mass is 9.86. The summed E-state index contributed by atoms with van der Waals surface area (Å²) in [6, 6.07) is 12.8. The quantitative estimate of drug-likeness (QED) is 0.687. The molecule has 0 amide bonds. The first-order chi connectivity index (χ1) is 13.4. The van der Waals surface area contributed by atoms with Gasteiger partial charge >= 0.3 is 0 Å². The van der Waals surface area contributed by atoms with Gasteiger partial charge in [0.1, 0.15) is 23.2 Å². The van der Waals surface area contributed by atoms with Crippen LogP contribution in [0, 0.1) is 11.3 Å². The molecule has 1 aliphatic rings. The van der Waals surface area contributed by atoms with Crippen LogP contribution in [0.4, 0.5) is 5.13 Å². The minimum Gasteiger partial charge on any atom is -0.494 e. The van der Waals surface area contributed by atoms with Gasteiger partial charge < -0.3 is 19.9 Å². The average Bonchev–Trinajstić information content (AvgIpc) is 3.07. The summed E-state index contributed by atoms with van der Waals surface area (Å²) in [6.07, 6.45) is -0.819. The lowest BCUT2D eigenvalue weighted by Gasteiger charge is -2.42. The highest BCUT2D eigenvalue weighted by Crippen LogP contribution is 2.42. The predicted octanol–water partition coefficient (Wildman–Crippen LogP) is 4.25. The lowest BCUT2D eigenvalue weighted by molar-refractivity contribution is -0.0532. The van der Waals surface area contributed by atoms with E-state index in [9.17, 15) is 10.4 Å². The number of anilines is 1. The Morgan fingerprint density at radius 1 is 1.32 bits per heavy atom. The molecule has 2 aromatic carbocycles. The molecule has 0 aliphatic carbocycles. The molecule has 144 valence electrons. The largest absolute Gasteiger partial charge is 0.494 e. The number of aliphatic hydroxyl groups excluding tert-OH is 1. The minimum atomic E-state index is -0.819. The molecule has 6 nitrogen and oxygen atoms in total. The molecule has 28 heavy (non-hydrogen) atoms. The van der Waals surface area contributed by atoms with Crippen molar-refractivity contribution in [2.45, 2.75) is 38.5 Å². The lowest BCUT2D eigenvalue weighted by Crippen LogP contribution is -2.50. The maximum absolute atomic E-state index is 10.9. The number of rotatable bonds is 4. The van der Waals surface area contributed by atoms with Crippen molar-refractivity contribution in [2.75, 3.05) is 11.9 Å². The van der Waals surface area contributed by atoms with Crippen molar-refractivity contribution in [1.82, 2.24) is 4.98 Å². The minimum absolute atomic E-state index is 0.445. The first kappa shape index (κ1) is 18.5. The van der Waals surface area contributed by atoms with Gasteiger partial charge in [-0.05, 0) is 51.1 Å². The second-order valence-corrected chi connectivity index (χ2v) is 8.25. The number of aliphatic hydroxyl groups is 1. The molecule has 0 spiro atoms. The average molecular weight is 395 g/mol. The Kier molecular flexibility index (Phi) is 4.61. The molecular formula is C21H21N3O3S. The van der Waals surface area contributed by atoms with Crippen LogP contribution < -0.4 is 14.8 Å². The molecule has 0 radical (unpaired) electrons. The number of nitrogens with zero attached hydrogens (tertiary/aromatic N) is 2. The van der Waals surface area contributed by atoms with Gasteiger partial charge in [-0.15, -0.1) is 0 Å². The number of fused-ring (bicyclic) bond motifs is 2. The van der Waals surface area contributed by atoms with Crippen LogP contribution in [0.1, 0.15) is 37.9 Å². The van der Waals surface area contributed by atoms with E-state index in [2.05, 4.69) is 16.4 Å². The summed E-state index contributed by atoms with van der Waals surface area (Å²) in [5.74, 6) is 1.44. The van der Waals surface area contributed by atoms with Gasteiger partial charge in [0, 0.05) is 11.6 Å². The molecule has 3 aromatic rings. The number of nitriles is 1. The molecule has 1 aromatic heterocycles. The SMILES string of the molecule is CCOc1ccc2sc(NC3c4cc(C#N)ccc4OC(C)(C)C3O)nc2c1. The van der Waals surface area contributed by atoms with Gasteiger partial charge in [0.25, 0.3) is 0 Å². The summed E-state index contributed by atoms with van der Waals surface area (Å²) in [7, 11) is 0. The molecule has 0 fully saturated rings. The Morgan fingerprint density at radius 2 is 2.14 bits per heavy atom. The zero-order valence-electron chi connectivity index (χ0n) is 15.9. The van der Waals surface area contributed by atoms with Crippen LogP contribution in [0.3, 0.4) is 0 Å². The van der Waals surface area contributed by atoms with Crippen molar-refractivity contribution < 1.29 is 14.6 Å². The molecule has 0 bridgehead atoms. The number of aromatic nitrogens is 1. The van der Waals surface area contributed by atoms with Crippen LogP contribution in [0.5, 0.6) is 11.5 Å². The van der Waals surface area contributed by atoms with E-state index in [1.54, 1.807) is 18.2 Å². The Balaban J connectivity index is 1.72. The van der Waals surface area contributed by atoms with Gasteiger partial charge in [-0.1, -0.05) is 11.3 Å². The highest BCUT2D eigenvalue weighted by Gasteiger charge is 2.43. The van der Waals surface area contributed by atoms with E-state index < -0.39 is 17.7 Å². The zero-order valence-corrected chi connectivity index (χ0v) is 16.7. The third-order valence-electron chi connectivity index (χ3n) is 4.82. The second-order valence-electron chi connectivity index (χ2n) is 7.22. The molecule has 1 aliphatic heterocycles. The van der Waals surface area contributed by atoms with Crippen LogP contribution in [0.25, 0.3) is 10.2 Å². The van der Waals surface area contributed by atoms with E-state index in [0.29, 0.717) is 23.1 Å². The molecule has 0 saturated heterocycles. The highest BCUT2D eigenvalue weighted by atomic mass is 32.1. The number of ether oxygens (including phenoxy) is 2. The van der Waals surface area contributed by atoms with E-state index in [4.69, 9.17) is 9.47 Å². The molecule has 2 N–H and O–H groups in total. The van der Waals surface area contributed by atoms with Crippen molar-refractivity contribution in [3.8, 4) is 17.6 Å². The van der Waals surface area contributed by atoms with Crippen LogP contribution >= 0.6 is 11.3 Å². The second kappa shape index (κ2) is 6.97. The third-order valence-corrected chi connectivity index (χ3v) is 5.79. The van der Waals surface area contributed by atoms with Crippen LogP contribution in [0.2, 0.25) is 0 Å². The summed E-state index contributed by atoms with van der Waals surface area (Å²) >= 11 is 1.51. The van der Waals surface area contributed by atoms with Crippen molar-refractivity contribution in [3.63, 3.8) is 0 Å². The van der Waals surface area contributed by atoms with Crippen LogP contribution in [-0.2, 0) is 0 Å². The predicted molar refractivity (Wildman–Crippen MR) is 109 cm³/mol. The standard InChI is InChI=1S/C21H21N3O3S/c1-4-26-13-6-8-17-15(10-13)23-20(28-17)24-18-14-9-12(11-22)5-7-16(14)27-21(2,3)19(18)25/h5-10,18-19,25H,4H2,1-3H3,(H,23,24). The van der Waals surface area contributed by atoms with E-state index in [-0.39, 0.29) is 0 Å². The summed E-state index contributed by atoms with van der Waals surface area (Å²) in [5, 5.41) is 24.3. The topological polar surface area (TPSA) is 87.4 Å². The molecular weight excluding hydrogens is 374 g/mol. The fourth-order valence-corrected chi connectivity index (χ4v) is 4.27. The number of thiazole rings is 1. The van der Waals surface area contributed by atoms with E-state index in [1.807, 2.05) is 39.0 Å². The zero-order chi connectivity index (χ0) is 19.9. The Morgan fingerprint density at radius 3 is 2.89 bits per heavy atom. The Hall–Kier alpha value is -2.82. The summed E-state index contributed by atoms with van der Waals surface area (Å²) < 4.78 is 12.5. The van der Waals surface area contributed by atoms with Crippen molar-refractivity contribution in [3.05, 3.63) is 47.5 Å². The third kappa shape index (κ3) is 3.26. The van der Waals surface area contributed by atoms with Gasteiger partial charge in [0.05, 0.1) is 34.5 Å². The monoisotopic (exact) mass is 395 g/mol. The van der Waals surface area contributed by atoms with Gasteiger partial charge in [-0.3, -0.25) is 0 Å². The first-order valence-corrected chi connectivity index (χ1v) is 9.94. The first-order valence-electron chi connectivity index (χ1n) is 9.12. The number of nitrogens with one attached hydrogen (secondary N) is 1. The van der Waals surface area contributed by atoms with Gasteiger partial charge in [0.15, 0.2) is 5.13 Å². The van der Waals surface area contributed by atoms with E-state index in [1.165, 1.54) is 11.3 Å². The van der Waals surface area contributed by atoms with Crippen molar-refractivity contribution in [1.29, 1.82) is 5.26 Å².